The van der Waals surface area contributed by atoms with Crippen molar-refractivity contribution in [1.29, 1.82) is 0 Å². The number of hydrogen-bond donors (Lipinski definition) is 0. The van der Waals surface area contributed by atoms with E-state index in [1.807, 2.05) is 0 Å². The fourth-order valence-corrected chi connectivity index (χ4v) is 5.90. The molecule has 0 N–H and O–H groups in total. The Balaban J connectivity index is 2.42. The minimum absolute atomic E-state index is 0.666. The smallest absolute Gasteiger partial charge is 0.0283 e. The number of halogens is 1. The van der Waals surface area contributed by atoms with Crippen LogP contribution in [0.3, 0.4) is 0 Å². The second kappa shape index (κ2) is 23.8. The summed E-state index contributed by atoms with van der Waals surface area (Å²) in [5, 5.41) is 0.945. The Labute approximate surface area is 235 Å². The van der Waals surface area contributed by atoms with Crippen LogP contribution in [0.5, 0.6) is 0 Å². The molecule has 0 aliphatic heterocycles. The molecule has 1 aromatic carbocycles. The van der Waals surface area contributed by atoms with Gasteiger partial charge in [-0.3, -0.25) is 4.90 Å². The molecule has 0 radical (unpaired) electrons. The molecule has 1 aromatic rings. The summed E-state index contributed by atoms with van der Waals surface area (Å²) in [4.78, 5) is 2.82. The summed E-state index contributed by atoms with van der Waals surface area (Å²) in [7, 11) is 0. The van der Waals surface area contributed by atoms with E-state index >= 15 is 0 Å². The fraction of sp³-hybridized carbons (Fsp3) is 0.824. The lowest BCUT2D eigenvalue weighted by Crippen LogP contribution is -2.39. The van der Waals surface area contributed by atoms with Crippen molar-refractivity contribution in [2.24, 2.45) is 0 Å². The minimum atomic E-state index is 0.666. The zero-order valence-corrected chi connectivity index (χ0v) is 26.4. The van der Waals surface area contributed by atoms with Crippen molar-refractivity contribution in [3.63, 3.8) is 0 Å². The molecule has 2 unspecified atom stereocenters. The predicted octanol–water partition coefficient (Wildman–Crippen LogP) is 12.0. The first kappa shape index (κ1) is 33.7. The molecule has 1 nitrogen and oxygen atoms in total. The molecule has 2 heteroatoms. The van der Waals surface area contributed by atoms with E-state index in [1.54, 1.807) is 0 Å². The molecule has 0 aromatic heterocycles. The van der Waals surface area contributed by atoms with Gasteiger partial charge in [-0.2, -0.15) is 0 Å². The van der Waals surface area contributed by atoms with Gasteiger partial charge in [-0.15, -0.1) is 0 Å². The van der Waals surface area contributed by atoms with Gasteiger partial charge in [0.2, 0.25) is 0 Å². The van der Waals surface area contributed by atoms with Crippen molar-refractivity contribution in [1.82, 2.24) is 4.90 Å². The maximum Gasteiger partial charge on any atom is 0.0283 e. The summed E-state index contributed by atoms with van der Waals surface area (Å²) < 4.78 is 0. The van der Waals surface area contributed by atoms with Crippen molar-refractivity contribution >= 4 is 15.9 Å². The minimum Gasteiger partial charge on any atom is -0.294 e. The molecule has 0 aliphatic carbocycles. The van der Waals surface area contributed by atoms with Gasteiger partial charge in [0.25, 0.3) is 0 Å². The molecule has 1 rings (SSSR count). The first-order valence-corrected chi connectivity index (χ1v) is 17.1. The highest BCUT2D eigenvalue weighted by Crippen LogP contribution is 2.22. The maximum atomic E-state index is 3.59. The second-order valence-corrected chi connectivity index (χ2v) is 12.1. The predicted molar refractivity (Wildman–Crippen MR) is 167 cm³/mol. The molecular weight excluding hydrogens is 502 g/mol. The topological polar surface area (TPSA) is 3.24 Å². The van der Waals surface area contributed by atoms with E-state index in [0.29, 0.717) is 12.1 Å². The first-order chi connectivity index (χ1) is 17.6. The number of benzene rings is 1. The van der Waals surface area contributed by atoms with E-state index < -0.39 is 0 Å². The molecule has 0 saturated heterocycles. The third-order valence-electron chi connectivity index (χ3n) is 8.13. The number of alkyl halides is 1. The van der Waals surface area contributed by atoms with Crippen LogP contribution in [-0.2, 0) is 11.9 Å². The van der Waals surface area contributed by atoms with E-state index in [9.17, 15) is 0 Å². The largest absolute Gasteiger partial charge is 0.294 e. The average molecular weight is 565 g/mol. The highest BCUT2D eigenvalue weighted by atomic mass is 79.9. The van der Waals surface area contributed by atoms with E-state index in [2.05, 4.69) is 72.8 Å². The van der Waals surface area contributed by atoms with Crippen LogP contribution in [0.25, 0.3) is 0 Å². The highest BCUT2D eigenvalue weighted by Gasteiger charge is 2.20. The molecule has 0 spiro atoms. The standard InChI is InChI=1S/C34H62BrN/c1-5-7-9-11-13-15-17-19-21-23-31(3)36(30-34-27-25-33(29-35)26-28-34)32(4)24-22-20-18-16-14-12-10-8-6-2/h25-28,31-32H,5-24,29-30H2,1-4H3. The van der Waals surface area contributed by atoms with Gasteiger partial charge < -0.3 is 0 Å². The van der Waals surface area contributed by atoms with Crippen molar-refractivity contribution in [2.45, 2.75) is 180 Å². The monoisotopic (exact) mass is 563 g/mol. The van der Waals surface area contributed by atoms with Crippen LogP contribution in [-0.4, -0.2) is 17.0 Å². The fourth-order valence-electron chi connectivity index (χ4n) is 5.52. The third-order valence-corrected chi connectivity index (χ3v) is 8.77. The lowest BCUT2D eigenvalue weighted by molar-refractivity contribution is 0.126. The molecular formula is C34H62BrN. The third kappa shape index (κ3) is 17.2. The van der Waals surface area contributed by atoms with Crippen LogP contribution in [0.2, 0.25) is 0 Å². The SMILES string of the molecule is CCCCCCCCCCCC(C)N(Cc1ccc(CBr)cc1)C(C)CCCCCCCCCCC. The normalized spacial score (nSPS) is 13.4. The van der Waals surface area contributed by atoms with Crippen LogP contribution in [0.4, 0.5) is 0 Å². The van der Waals surface area contributed by atoms with E-state index in [4.69, 9.17) is 0 Å². The van der Waals surface area contributed by atoms with Gasteiger partial charge >= 0.3 is 0 Å². The molecule has 2 atom stereocenters. The van der Waals surface area contributed by atoms with Gasteiger partial charge in [0.05, 0.1) is 0 Å². The van der Waals surface area contributed by atoms with Gasteiger partial charge in [-0.05, 0) is 37.8 Å². The molecule has 210 valence electrons. The van der Waals surface area contributed by atoms with E-state index in [-0.39, 0.29) is 0 Å². The molecule has 0 aliphatic rings. The second-order valence-electron chi connectivity index (χ2n) is 11.6. The highest BCUT2D eigenvalue weighted by molar-refractivity contribution is 9.08. The molecule has 0 fully saturated rings. The van der Waals surface area contributed by atoms with Crippen LogP contribution in [0, 0.1) is 0 Å². The number of hydrogen-bond acceptors (Lipinski definition) is 1. The van der Waals surface area contributed by atoms with Gasteiger partial charge in [0.1, 0.15) is 0 Å². The van der Waals surface area contributed by atoms with Crippen LogP contribution in [0.1, 0.15) is 167 Å². The van der Waals surface area contributed by atoms with Crippen LogP contribution in [0.15, 0.2) is 24.3 Å². The quantitative estimate of drug-likeness (QED) is 0.0843. The Morgan fingerprint density at radius 1 is 0.528 bits per heavy atom. The summed E-state index contributed by atoms with van der Waals surface area (Å²) >= 11 is 3.59. The molecule has 0 bridgehead atoms. The molecule has 0 saturated carbocycles. The molecule has 36 heavy (non-hydrogen) atoms. The number of unbranched alkanes of at least 4 members (excludes halogenated alkanes) is 16. The zero-order valence-electron chi connectivity index (χ0n) is 24.8. The first-order valence-electron chi connectivity index (χ1n) is 16.0. The molecule has 0 heterocycles. The van der Waals surface area contributed by atoms with Gasteiger partial charge in [0.15, 0.2) is 0 Å². The summed E-state index contributed by atoms with van der Waals surface area (Å²) in [5.74, 6) is 0. The number of nitrogens with zero attached hydrogens (tertiary/aromatic N) is 1. The van der Waals surface area contributed by atoms with Crippen molar-refractivity contribution in [3.8, 4) is 0 Å². The Morgan fingerprint density at radius 2 is 0.861 bits per heavy atom. The lowest BCUT2D eigenvalue weighted by Gasteiger charge is -2.35. The Kier molecular flexibility index (Phi) is 22.2. The maximum absolute atomic E-state index is 3.59. The van der Waals surface area contributed by atoms with Gasteiger partial charge in [-0.25, -0.2) is 0 Å². The van der Waals surface area contributed by atoms with Crippen LogP contribution >= 0.6 is 15.9 Å². The van der Waals surface area contributed by atoms with Gasteiger partial charge in [-0.1, -0.05) is 170 Å². The van der Waals surface area contributed by atoms with E-state index in [1.165, 1.54) is 140 Å². The van der Waals surface area contributed by atoms with Crippen molar-refractivity contribution < 1.29 is 0 Å². The van der Waals surface area contributed by atoms with E-state index in [0.717, 1.165) is 11.9 Å². The van der Waals surface area contributed by atoms with Gasteiger partial charge in [0, 0.05) is 24.0 Å². The Morgan fingerprint density at radius 3 is 1.22 bits per heavy atom. The summed E-state index contributed by atoms with van der Waals surface area (Å²) in [6, 6.07) is 10.6. The summed E-state index contributed by atoms with van der Waals surface area (Å²) in [6.45, 7) is 10.7. The number of rotatable bonds is 25. The molecule has 0 amide bonds. The Hall–Kier alpha value is -0.340. The van der Waals surface area contributed by atoms with Crippen molar-refractivity contribution in [2.75, 3.05) is 0 Å². The van der Waals surface area contributed by atoms with Crippen LogP contribution < -0.4 is 0 Å². The lowest BCUT2D eigenvalue weighted by atomic mass is 10.00. The Bertz CT molecular complexity index is 555. The average Bonchev–Trinajstić information content (AvgIpc) is 2.90. The zero-order chi connectivity index (χ0) is 26.3. The van der Waals surface area contributed by atoms with Crippen molar-refractivity contribution in [3.05, 3.63) is 35.4 Å². The summed E-state index contributed by atoms with van der Waals surface area (Å²) in [6.07, 6.45) is 28.3. The summed E-state index contributed by atoms with van der Waals surface area (Å²) in [5.41, 5.74) is 2.84.